The highest BCUT2D eigenvalue weighted by Gasteiger charge is 2.25. The van der Waals surface area contributed by atoms with Crippen molar-refractivity contribution in [2.45, 2.75) is 44.2 Å². The summed E-state index contributed by atoms with van der Waals surface area (Å²) >= 11 is 0. The predicted octanol–water partition coefficient (Wildman–Crippen LogP) is 3.21. The summed E-state index contributed by atoms with van der Waals surface area (Å²) in [5, 5.41) is 7.12. The molecule has 7 nitrogen and oxygen atoms in total. The van der Waals surface area contributed by atoms with Gasteiger partial charge in [-0.05, 0) is 49.9 Å². The lowest BCUT2D eigenvalue weighted by Gasteiger charge is -2.23. The zero-order valence-corrected chi connectivity index (χ0v) is 18.4. The number of nitrogens with zero attached hydrogens (tertiary/aromatic N) is 2. The highest BCUT2D eigenvalue weighted by Crippen LogP contribution is 2.30. The lowest BCUT2D eigenvalue weighted by molar-refractivity contribution is 0.0224. The van der Waals surface area contributed by atoms with Crippen molar-refractivity contribution in [1.82, 2.24) is 10.6 Å². The van der Waals surface area contributed by atoms with Crippen LogP contribution in [0.4, 0.5) is 5.69 Å². The number of para-hydroxylation sites is 2. The molecule has 7 heteroatoms. The Morgan fingerprint density at radius 1 is 1.19 bits per heavy atom. The van der Waals surface area contributed by atoms with E-state index in [2.05, 4.69) is 27.7 Å². The van der Waals surface area contributed by atoms with E-state index < -0.39 is 0 Å². The monoisotopic (exact) mass is 426 g/mol. The number of ether oxygens (including phenoxy) is 2. The third-order valence-electron chi connectivity index (χ3n) is 5.93. The third-order valence-corrected chi connectivity index (χ3v) is 5.93. The zero-order valence-electron chi connectivity index (χ0n) is 18.4. The van der Waals surface area contributed by atoms with Crippen LogP contribution in [0.2, 0.25) is 0 Å². The van der Waals surface area contributed by atoms with E-state index in [0.717, 1.165) is 75.1 Å². The van der Waals surface area contributed by atoms with Gasteiger partial charge in [-0.25, -0.2) is 0 Å². The second kappa shape index (κ2) is 11.1. The van der Waals surface area contributed by atoms with Crippen LogP contribution in [-0.2, 0) is 11.2 Å². The molecule has 2 aromatic rings. The van der Waals surface area contributed by atoms with Crippen molar-refractivity contribution in [2.75, 3.05) is 44.8 Å². The molecule has 2 atom stereocenters. The maximum atomic E-state index is 5.86. The average molecular weight is 427 g/mol. The Labute approximate surface area is 184 Å². The minimum atomic E-state index is 0.228. The van der Waals surface area contributed by atoms with Crippen molar-refractivity contribution in [2.24, 2.45) is 4.99 Å². The van der Waals surface area contributed by atoms with Crippen molar-refractivity contribution in [3.8, 4) is 5.75 Å². The average Bonchev–Trinajstić information content (AvgIpc) is 3.50. The Balaban J connectivity index is 1.35. The minimum Gasteiger partial charge on any atom is -0.495 e. The van der Waals surface area contributed by atoms with Crippen LogP contribution in [0.5, 0.6) is 5.75 Å². The Bertz CT molecular complexity index is 818. The van der Waals surface area contributed by atoms with Crippen LogP contribution in [0.3, 0.4) is 0 Å². The number of hydrogen-bond donors (Lipinski definition) is 2. The number of nitrogens with one attached hydrogen (secondary N) is 2. The lowest BCUT2D eigenvalue weighted by atomic mass is 10.1. The third kappa shape index (κ3) is 6.17. The van der Waals surface area contributed by atoms with Crippen LogP contribution in [0, 0.1) is 0 Å². The maximum absolute atomic E-state index is 5.86. The molecule has 2 fully saturated rings. The van der Waals surface area contributed by atoms with E-state index >= 15 is 0 Å². The minimum absolute atomic E-state index is 0.228. The maximum Gasteiger partial charge on any atom is 0.191 e. The number of anilines is 1. The Morgan fingerprint density at radius 3 is 2.94 bits per heavy atom. The Kier molecular flexibility index (Phi) is 7.71. The number of furan rings is 1. The molecular weight excluding hydrogens is 392 g/mol. The number of hydrogen-bond acceptors (Lipinski definition) is 5. The second-order valence-corrected chi connectivity index (χ2v) is 8.18. The van der Waals surface area contributed by atoms with E-state index in [1.54, 1.807) is 13.4 Å². The summed E-state index contributed by atoms with van der Waals surface area (Å²) in [7, 11) is 1.73. The van der Waals surface area contributed by atoms with Crippen LogP contribution < -0.4 is 20.3 Å². The summed E-state index contributed by atoms with van der Waals surface area (Å²) in [6.45, 7) is 4.22. The van der Waals surface area contributed by atoms with Crippen LogP contribution in [0.25, 0.3) is 0 Å². The number of aliphatic imine (C=N–C) groups is 1. The van der Waals surface area contributed by atoms with E-state index in [1.165, 1.54) is 6.42 Å². The molecule has 168 valence electrons. The summed E-state index contributed by atoms with van der Waals surface area (Å²) in [6.07, 6.45) is 7.30. The highest BCUT2D eigenvalue weighted by molar-refractivity contribution is 5.80. The molecule has 2 N–H and O–H groups in total. The molecule has 2 aliphatic heterocycles. The largest absolute Gasteiger partial charge is 0.495 e. The van der Waals surface area contributed by atoms with Crippen LogP contribution >= 0.6 is 0 Å². The smallest absolute Gasteiger partial charge is 0.191 e. The molecule has 0 radical (unpaired) electrons. The molecular formula is C24H34N4O3. The van der Waals surface area contributed by atoms with Gasteiger partial charge in [-0.1, -0.05) is 12.1 Å². The number of methoxy groups -OCH3 is 1. The van der Waals surface area contributed by atoms with E-state index in [1.807, 2.05) is 24.3 Å². The quantitative estimate of drug-likeness (QED) is 0.499. The van der Waals surface area contributed by atoms with E-state index in [4.69, 9.17) is 18.9 Å². The Morgan fingerprint density at radius 2 is 2.13 bits per heavy atom. The number of benzene rings is 1. The zero-order chi connectivity index (χ0) is 21.3. The van der Waals surface area contributed by atoms with Gasteiger partial charge in [-0.15, -0.1) is 0 Å². The first kappa shape index (κ1) is 21.6. The fourth-order valence-corrected chi connectivity index (χ4v) is 4.24. The summed E-state index contributed by atoms with van der Waals surface area (Å²) < 4.78 is 16.9. The number of guanidine groups is 1. The number of rotatable bonds is 8. The van der Waals surface area contributed by atoms with E-state index in [-0.39, 0.29) is 6.10 Å². The van der Waals surface area contributed by atoms with Gasteiger partial charge in [0.2, 0.25) is 0 Å². The summed E-state index contributed by atoms with van der Waals surface area (Å²) in [6, 6.07) is 12.5. The van der Waals surface area contributed by atoms with Gasteiger partial charge in [-0.3, -0.25) is 4.99 Å². The van der Waals surface area contributed by atoms with Gasteiger partial charge < -0.3 is 29.4 Å². The van der Waals surface area contributed by atoms with Crippen LogP contribution in [0.1, 0.15) is 31.4 Å². The van der Waals surface area contributed by atoms with Gasteiger partial charge in [0.05, 0.1) is 31.7 Å². The van der Waals surface area contributed by atoms with Gasteiger partial charge in [0.1, 0.15) is 11.5 Å². The first-order chi connectivity index (χ1) is 15.3. The van der Waals surface area contributed by atoms with Crippen molar-refractivity contribution >= 4 is 11.6 Å². The van der Waals surface area contributed by atoms with Crippen molar-refractivity contribution < 1.29 is 13.9 Å². The van der Waals surface area contributed by atoms with Crippen LogP contribution in [0.15, 0.2) is 52.1 Å². The van der Waals surface area contributed by atoms with Gasteiger partial charge in [0, 0.05) is 38.7 Å². The van der Waals surface area contributed by atoms with Gasteiger partial charge >= 0.3 is 0 Å². The van der Waals surface area contributed by atoms with Crippen molar-refractivity contribution in [3.05, 3.63) is 48.4 Å². The van der Waals surface area contributed by atoms with E-state index in [0.29, 0.717) is 12.6 Å². The molecule has 0 saturated carbocycles. The molecule has 3 heterocycles. The molecule has 0 amide bonds. The normalized spacial score (nSPS) is 21.8. The fourth-order valence-electron chi connectivity index (χ4n) is 4.24. The molecule has 31 heavy (non-hydrogen) atoms. The van der Waals surface area contributed by atoms with Gasteiger partial charge in [-0.2, -0.15) is 0 Å². The molecule has 0 aliphatic carbocycles. The first-order valence-electron chi connectivity index (χ1n) is 11.4. The highest BCUT2D eigenvalue weighted by atomic mass is 16.5. The first-order valence-corrected chi connectivity index (χ1v) is 11.4. The summed E-state index contributed by atoms with van der Waals surface area (Å²) in [5.74, 6) is 2.75. The molecule has 0 spiro atoms. The topological polar surface area (TPSA) is 71.3 Å². The van der Waals surface area contributed by atoms with Gasteiger partial charge in [0.25, 0.3) is 0 Å². The SMILES string of the molecule is COc1ccccc1N1CCC(NC(=NCC2CCCCO2)NCCc2ccco2)C1. The fraction of sp³-hybridized carbons (Fsp3) is 0.542. The molecule has 1 aromatic heterocycles. The molecule has 2 aliphatic rings. The lowest BCUT2D eigenvalue weighted by Crippen LogP contribution is -2.45. The van der Waals surface area contributed by atoms with Gasteiger partial charge in [0.15, 0.2) is 5.96 Å². The van der Waals surface area contributed by atoms with Crippen molar-refractivity contribution in [3.63, 3.8) is 0 Å². The van der Waals surface area contributed by atoms with E-state index in [9.17, 15) is 0 Å². The molecule has 1 aromatic carbocycles. The van der Waals surface area contributed by atoms with Crippen molar-refractivity contribution in [1.29, 1.82) is 0 Å². The predicted molar refractivity (Wildman–Crippen MR) is 123 cm³/mol. The Hall–Kier alpha value is -2.67. The summed E-state index contributed by atoms with van der Waals surface area (Å²) in [5.41, 5.74) is 1.15. The standard InChI is InChI=1S/C24H34N4O3/c1-29-23-10-3-2-9-22(23)28-14-12-19(18-28)27-24(25-13-11-20-8-6-16-30-20)26-17-21-7-4-5-15-31-21/h2-3,6,8-10,16,19,21H,4-5,7,11-15,17-18H2,1H3,(H2,25,26,27). The van der Waals surface area contributed by atoms with Crippen LogP contribution in [-0.4, -0.2) is 58.0 Å². The molecule has 4 rings (SSSR count). The molecule has 2 unspecified atom stereocenters. The summed E-state index contributed by atoms with van der Waals surface area (Å²) in [4.78, 5) is 7.23. The molecule has 0 bridgehead atoms. The molecule has 2 saturated heterocycles. The second-order valence-electron chi connectivity index (χ2n) is 8.18.